The lowest BCUT2D eigenvalue weighted by molar-refractivity contribution is 0.112. The highest BCUT2D eigenvalue weighted by atomic mass is 16.1. The van der Waals surface area contributed by atoms with Crippen molar-refractivity contribution in [2.45, 2.75) is 26.7 Å². The maximum atomic E-state index is 10.7. The van der Waals surface area contributed by atoms with Crippen molar-refractivity contribution < 1.29 is 4.79 Å². The van der Waals surface area contributed by atoms with Gasteiger partial charge in [0.2, 0.25) is 0 Å². The van der Waals surface area contributed by atoms with Crippen molar-refractivity contribution in [3.63, 3.8) is 0 Å². The summed E-state index contributed by atoms with van der Waals surface area (Å²) < 4.78 is 0. The summed E-state index contributed by atoms with van der Waals surface area (Å²) >= 11 is 0. The molecule has 0 amide bonds. The highest BCUT2D eigenvalue weighted by Crippen LogP contribution is 2.10. The molecule has 0 N–H and O–H groups in total. The number of hydrogen-bond acceptors (Lipinski definition) is 2. The van der Waals surface area contributed by atoms with E-state index in [2.05, 4.69) is 11.9 Å². The zero-order chi connectivity index (χ0) is 8.97. The van der Waals surface area contributed by atoms with Gasteiger partial charge in [0.1, 0.15) is 0 Å². The van der Waals surface area contributed by atoms with Crippen LogP contribution < -0.4 is 0 Å². The first-order chi connectivity index (χ1) is 5.79. The molecule has 0 atom stereocenters. The van der Waals surface area contributed by atoms with Crippen LogP contribution in [-0.4, -0.2) is 11.3 Å². The van der Waals surface area contributed by atoms with Crippen molar-refractivity contribution in [3.8, 4) is 0 Å². The van der Waals surface area contributed by atoms with Gasteiger partial charge in [-0.05, 0) is 25.0 Å². The largest absolute Gasteiger partial charge is 0.298 e. The van der Waals surface area contributed by atoms with E-state index in [0.29, 0.717) is 0 Å². The number of aryl methyl sites for hydroxylation is 2. The zero-order valence-corrected chi connectivity index (χ0v) is 7.50. The third-order valence-corrected chi connectivity index (χ3v) is 1.92. The van der Waals surface area contributed by atoms with Crippen molar-refractivity contribution in [2.24, 2.45) is 0 Å². The molecule has 12 heavy (non-hydrogen) atoms. The predicted molar refractivity (Wildman–Crippen MR) is 48.4 cm³/mol. The molecule has 0 unspecified atom stereocenters. The first-order valence-electron chi connectivity index (χ1n) is 4.19. The number of nitrogens with zero attached hydrogens (tertiary/aromatic N) is 1. The minimum absolute atomic E-state index is 0.763. The first kappa shape index (κ1) is 8.91. The summed E-state index contributed by atoms with van der Waals surface area (Å²) in [4.78, 5) is 14.7. The first-order valence-corrected chi connectivity index (χ1v) is 4.19. The molecule has 0 fully saturated rings. The van der Waals surface area contributed by atoms with Gasteiger partial charge < -0.3 is 0 Å². The normalized spacial score (nSPS) is 9.83. The lowest BCUT2D eigenvalue weighted by Crippen LogP contribution is -1.97. The molecule has 0 aliphatic carbocycles. The van der Waals surface area contributed by atoms with Crippen LogP contribution in [0.25, 0.3) is 0 Å². The number of aromatic nitrogens is 1. The van der Waals surface area contributed by atoms with Gasteiger partial charge in [-0.25, -0.2) is 0 Å². The Morgan fingerprint density at radius 1 is 1.58 bits per heavy atom. The smallest absolute Gasteiger partial charge is 0.152 e. The summed E-state index contributed by atoms with van der Waals surface area (Å²) in [5, 5.41) is 0. The molecule has 2 nitrogen and oxygen atoms in total. The van der Waals surface area contributed by atoms with Gasteiger partial charge in [-0.2, -0.15) is 0 Å². The number of rotatable bonds is 3. The number of pyridine rings is 1. The van der Waals surface area contributed by atoms with E-state index in [1.807, 2.05) is 13.0 Å². The second-order valence-corrected chi connectivity index (χ2v) is 2.84. The Kier molecular flexibility index (Phi) is 2.97. The Morgan fingerprint density at radius 2 is 2.33 bits per heavy atom. The molecule has 0 saturated carbocycles. The third kappa shape index (κ3) is 1.70. The highest BCUT2D eigenvalue weighted by molar-refractivity contribution is 5.78. The van der Waals surface area contributed by atoms with E-state index in [1.165, 1.54) is 0 Å². The van der Waals surface area contributed by atoms with E-state index in [0.717, 1.165) is 35.9 Å². The van der Waals surface area contributed by atoms with Crippen LogP contribution in [0.2, 0.25) is 0 Å². The third-order valence-electron chi connectivity index (χ3n) is 1.92. The second-order valence-electron chi connectivity index (χ2n) is 2.84. The van der Waals surface area contributed by atoms with E-state index in [1.54, 1.807) is 6.20 Å². The van der Waals surface area contributed by atoms with E-state index in [-0.39, 0.29) is 0 Å². The average molecular weight is 163 g/mol. The van der Waals surface area contributed by atoms with Crippen LogP contribution in [0.15, 0.2) is 12.3 Å². The monoisotopic (exact) mass is 163 g/mol. The molecule has 1 aromatic heterocycles. The Balaban J connectivity index is 3.09. The minimum atomic E-state index is 0.763. The minimum Gasteiger partial charge on any atom is -0.298 e. The fraction of sp³-hybridized carbons (Fsp3) is 0.400. The Morgan fingerprint density at radius 3 is 2.92 bits per heavy atom. The molecule has 1 aromatic rings. The van der Waals surface area contributed by atoms with Crippen molar-refractivity contribution >= 4 is 6.29 Å². The van der Waals surface area contributed by atoms with E-state index in [9.17, 15) is 4.79 Å². The van der Waals surface area contributed by atoms with Crippen molar-refractivity contribution in [2.75, 3.05) is 0 Å². The van der Waals surface area contributed by atoms with Crippen LogP contribution in [0.3, 0.4) is 0 Å². The number of carbonyl (C=O) groups excluding carboxylic acids is 1. The van der Waals surface area contributed by atoms with Crippen molar-refractivity contribution in [3.05, 3.63) is 29.1 Å². The molecular weight excluding hydrogens is 150 g/mol. The average Bonchev–Trinajstić information content (AvgIpc) is 2.05. The Labute approximate surface area is 72.6 Å². The van der Waals surface area contributed by atoms with Crippen LogP contribution >= 0.6 is 0 Å². The zero-order valence-electron chi connectivity index (χ0n) is 7.50. The van der Waals surface area contributed by atoms with Gasteiger partial charge in [0.15, 0.2) is 6.29 Å². The molecule has 0 bridgehead atoms. The molecule has 0 spiro atoms. The summed E-state index contributed by atoms with van der Waals surface area (Å²) in [5.74, 6) is 0. The van der Waals surface area contributed by atoms with Gasteiger partial charge in [0.05, 0.1) is 0 Å². The maximum absolute atomic E-state index is 10.7. The van der Waals surface area contributed by atoms with Gasteiger partial charge >= 0.3 is 0 Å². The maximum Gasteiger partial charge on any atom is 0.152 e. The Hall–Kier alpha value is -1.18. The molecule has 0 aliphatic heterocycles. The molecule has 1 rings (SSSR count). The molecule has 0 aromatic carbocycles. The van der Waals surface area contributed by atoms with Crippen LogP contribution in [-0.2, 0) is 6.42 Å². The molecule has 0 radical (unpaired) electrons. The van der Waals surface area contributed by atoms with Gasteiger partial charge in [-0.1, -0.05) is 13.3 Å². The molecule has 0 aliphatic rings. The highest BCUT2D eigenvalue weighted by Gasteiger charge is 2.03. The molecule has 2 heteroatoms. The fourth-order valence-corrected chi connectivity index (χ4v) is 1.28. The van der Waals surface area contributed by atoms with Crippen LogP contribution in [0.1, 0.15) is 35.0 Å². The summed E-state index contributed by atoms with van der Waals surface area (Å²) in [7, 11) is 0. The molecule has 64 valence electrons. The summed E-state index contributed by atoms with van der Waals surface area (Å²) in [6, 6.07) is 1.92. The fourth-order valence-electron chi connectivity index (χ4n) is 1.28. The summed E-state index contributed by atoms with van der Waals surface area (Å²) in [6.07, 6.45) is 4.67. The summed E-state index contributed by atoms with van der Waals surface area (Å²) in [6.45, 7) is 3.97. The van der Waals surface area contributed by atoms with Gasteiger partial charge in [-0.15, -0.1) is 0 Å². The van der Waals surface area contributed by atoms with Crippen LogP contribution in [0.5, 0.6) is 0 Å². The van der Waals surface area contributed by atoms with E-state index < -0.39 is 0 Å². The quantitative estimate of drug-likeness (QED) is 0.639. The predicted octanol–water partition coefficient (Wildman–Crippen LogP) is 2.16. The van der Waals surface area contributed by atoms with Crippen molar-refractivity contribution in [1.29, 1.82) is 0 Å². The number of carbonyl (C=O) groups is 1. The van der Waals surface area contributed by atoms with Gasteiger partial charge in [0, 0.05) is 17.5 Å². The van der Waals surface area contributed by atoms with Crippen LogP contribution in [0, 0.1) is 6.92 Å². The second kappa shape index (κ2) is 4.00. The molecule has 0 saturated heterocycles. The molecule has 1 heterocycles. The van der Waals surface area contributed by atoms with E-state index >= 15 is 0 Å². The van der Waals surface area contributed by atoms with Gasteiger partial charge in [0.25, 0.3) is 0 Å². The van der Waals surface area contributed by atoms with Gasteiger partial charge in [-0.3, -0.25) is 9.78 Å². The lowest BCUT2D eigenvalue weighted by atomic mass is 10.0. The topological polar surface area (TPSA) is 30.0 Å². The van der Waals surface area contributed by atoms with Crippen LogP contribution in [0.4, 0.5) is 0 Å². The molecular formula is C10H13NO. The standard InChI is InChI=1S/C10H13NO/c1-3-4-9-5-6-11-8(2)10(9)7-12/h5-7H,3-4H2,1-2H3. The van der Waals surface area contributed by atoms with Crippen molar-refractivity contribution in [1.82, 2.24) is 4.98 Å². The summed E-state index contributed by atoms with van der Waals surface area (Å²) in [5.41, 5.74) is 2.70. The lowest BCUT2D eigenvalue weighted by Gasteiger charge is -2.03. The Bertz CT molecular complexity index is 281. The number of hydrogen-bond donors (Lipinski definition) is 0. The SMILES string of the molecule is CCCc1ccnc(C)c1C=O. The van der Waals surface area contributed by atoms with E-state index in [4.69, 9.17) is 0 Å². The number of aldehydes is 1.